The Morgan fingerprint density at radius 1 is 1.31 bits per heavy atom. The molecule has 0 N–H and O–H groups in total. The van der Waals surface area contributed by atoms with E-state index in [0.717, 1.165) is 0 Å². The first kappa shape index (κ1) is 10.7. The molecule has 1 aliphatic rings. The van der Waals surface area contributed by atoms with E-state index in [1.807, 2.05) is 0 Å². The van der Waals surface area contributed by atoms with Crippen LogP contribution in [0.25, 0.3) is 0 Å². The van der Waals surface area contributed by atoms with Gasteiger partial charge in [0.05, 0.1) is 0 Å². The van der Waals surface area contributed by atoms with Gasteiger partial charge in [0.15, 0.2) is 0 Å². The number of aliphatic imine (C=N–C) groups is 1. The summed E-state index contributed by atoms with van der Waals surface area (Å²) in [6, 6.07) is 0.606. The Morgan fingerprint density at radius 2 is 2.15 bits per heavy atom. The molecule has 0 aromatic rings. The van der Waals surface area contributed by atoms with Crippen molar-refractivity contribution in [1.82, 2.24) is 0 Å². The molecule has 0 saturated heterocycles. The Kier molecular flexibility index (Phi) is 5.10. The van der Waals surface area contributed by atoms with E-state index in [1.165, 1.54) is 57.1 Å². The van der Waals surface area contributed by atoms with Crippen molar-refractivity contribution in [2.24, 2.45) is 4.99 Å². The molecule has 13 heavy (non-hydrogen) atoms. The highest BCUT2D eigenvalue weighted by Crippen LogP contribution is 2.16. The summed E-state index contributed by atoms with van der Waals surface area (Å²) in [6.45, 7) is 4.51. The second-order valence-corrected chi connectivity index (χ2v) is 4.25. The molecular weight excluding hydrogens is 158 g/mol. The van der Waals surface area contributed by atoms with Crippen LogP contribution in [0.1, 0.15) is 65.2 Å². The lowest BCUT2D eigenvalue weighted by Crippen LogP contribution is -2.12. The van der Waals surface area contributed by atoms with Crippen molar-refractivity contribution in [3.63, 3.8) is 0 Å². The zero-order valence-electron chi connectivity index (χ0n) is 9.18. The van der Waals surface area contributed by atoms with Gasteiger partial charge in [-0.05, 0) is 39.0 Å². The Balaban J connectivity index is 2.13. The topological polar surface area (TPSA) is 12.4 Å². The molecule has 1 aliphatic heterocycles. The van der Waals surface area contributed by atoms with Crippen LogP contribution < -0.4 is 0 Å². The highest BCUT2D eigenvalue weighted by Gasteiger charge is 2.09. The van der Waals surface area contributed by atoms with Crippen LogP contribution in [0.4, 0.5) is 0 Å². The summed E-state index contributed by atoms with van der Waals surface area (Å²) in [5, 5.41) is 0. The maximum absolute atomic E-state index is 4.70. The molecule has 76 valence electrons. The average molecular weight is 181 g/mol. The average Bonchev–Trinajstić information content (AvgIpc) is 2.13. The van der Waals surface area contributed by atoms with Crippen molar-refractivity contribution < 1.29 is 0 Å². The van der Waals surface area contributed by atoms with Crippen molar-refractivity contribution >= 4 is 5.71 Å². The number of hydrogen-bond donors (Lipinski definition) is 0. The second-order valence-electron chi connectivity index (χ2n) is 4.25. The lowest BCUT2D eigenvalue weighted by atomic mass is 10.00. The van der Waals surface area contributed by atoms with Crippen LogP contribution in [0.2, 0.25) is 0 Å². The molecule has 0 amide bonds. The SMILES string of the molecule is CCCCCCC1=NC(C)CCC1. The van der Waals surface area contributed by atoms with E-state index in [4.69, 9.17) is 4.99 Å². The van der Waals surface area contributed by atoms with Gasteiger partial charge < -0.3 is 0 Å². The van der Waals surface area contributed by atoms with Crippen LogP contribution >= 0.6 is 0 Å². The molecule has 0 radical (unpaired) electrons. The van der Waals surface area contributed by atoms with Gasteiger partial charge in [-0.2, -0.15) is 0 Å². The lowest BCUT2D eigenvalue weighted by Gasteiger charge is -2.16. The first-order valence-electron chi connectivity index (χ1n) is 5.88. The fourth-order valence-electron chi connectivity index (χ4n) is 1.99. The van der Waals surface area contributed by atoms with Crippen molar-refractivity contribution in [1.29, 1.82) is 0 Å². The molecule has 0 bridgehead atoms. The molecule has 1 heterocycles. The predicted octanol–water partition coefficient (Wildman–Crippen LogP) is 3.97. The monoisotopic (exact) mass is 181 g/mol. The van der Waals surface area contributed by atoms with E-state index >= 15 is 0 Å². The van der Waals surface area contributed by atoms with Gasteiger partial charge in [-0.25, -0.2) is 0 Å². The molecule has 1 atom stereocenters. The van der Waals surface area contributed by atoms with Crippen LogP contribution in [-0.2, 0) is 0 Å². The number of rotatable bonds is 5. The normalized spacial score (nSPS) is 22.9. The van der Waals surface area contributed by atoms with E-state index in [0.29, 0.717) is 6.04 Å². The standard InChI is InChI=1S/C12H23N/c1-3-4-5-6-9-12-10-7-8-11(2)13-12/h11H,3-10H2,1-2H3. The molecule has 1 unspecified atom stereocenters. The fraction of sp³-hybridized carbons (Fsp3) is 0.917. The summed E-state index contributed by atoms with van der Waals surface area (Å²) < 4.78 is 0. The first-order valence-corrected chi connectivity index (χ1v) is 5.88. The minimum atomic E-state index is 0.606. The molecular formula is C12H23N. The zero-order chi connectivity index (χ0) is 9.52. The van der Waals surface area contributed by atoms with Gasteiger partial charge in [-0.15, -0.1) is 0 Å². The summed E-state index contributed by atoms with van der Waals surface area (Å²) in [5.74, 6) is 0. The third-order valence-corrected chi connectivity index (χ3v) is 2.81. The maximum Gasteiger partial charge on any atom is 0.0470 e. The number of nitrogens with zero attached hydrogens (tertiary/aromatic N) is 1. The van der Waals surface area contributed by atoms with E-state index in [1.54, 1.807) is 0 Å². The van der Waals surface area contributed by atoms with Gasteiger partial charge in [0.2, 0.25) is 0 Å². The summed E-state index contributed by atoms with van der Waals surface area (Å²) >= 11 is 0. The van der Waals surface area contributed by atoms with Crippen molar-refractivity contribution in [3.8, 4) is 0 Å². The second kappa shape index (κ2) is 6.17. The Morgan fingerprint density at radius 3 is 2.85 bits per heavy atom. The number of hydrogen-bond acceptors (Lipinski definition) is 1. The van der Waals surface area contributed by atoms with Crippen LogP contribution in [-0.4, -0.2) is 11.8 Å². The van der Waals surface area contributed by atoms with Crippen LogP contribution in [0.5, 0.6) is 0 Å². The maximum atomic E-state index is 4.70. The molecule has 0 aromatic carbocycles. The predicted molar refractivity (Wildman–Crippen MR) is 59.5 cm³/mol. The lowest BCUT2D eigenvalue weighted by molar-refractivity contribution is 0.594. The fourth-order valence-corrected chi connectivity index (χ4v) is 1.99. The van der Waals surface area contributed by atoms with E-state index in [2.05, 4.69) is 13.8 Å². The summed E-state index contributed by atoms with van der Waals surface area (Å²) in [5.41, 5.74) is 1.50. The summed E-state index contributed by atoms with van der Waals surface area (Å²) in [7, 11) is 0. The van der Waals surface area contributed by atoms with Crippen LogP contribution in [0, 0.1) is 0 Å². The van der Waals surface area contributed by atoms with Gasteiger partial charge in [-0.1, -0.05) is 26.2 Å². The van der Waals surface area contributed by atoms with Gasteiger partial charge in [-0.3, -0.25) is 4.99 Å². The number of unbranched alkanes of at least 4 members (excludes halogenated alkanes) is 3. The highest BCUT2D eigenvalue weighted by atomic mass is 14.8. The zero-order valence-corrected chi connectivity index (χ0v) is 9.18. The van der Waals surface area contributed by atoms with Crippen LogP contribution in [0.15, 0.2) is 4.99 Å². The Bertz CT molecular complexity index is 161. The van der Waals surface area contributed by atoms with Gasteiger partial charge >= 0.3 is 0 Å². The summed E-state index contributed by atoms with van der Waals surface area (Å²) in [6.07, 6.45) is 10.7. The van der Waals surface area contributed by atoms with E-state index in [-0.39, 0.29) is 0 Å². The van der Waals surface area contributed by atoms with Crippen molar-refractivity contribution in [2.45, 2.75) is 71.3 Å². The molecule has 1 rings (SSSR count). The molecule has 0 fully saturated rings. The quantitative estimate of drug-likeness (QED) is 0.569. The molecule has 0 spiro atoms. The van der Waals surface area contributed by atoms with Crippen LogP contribution in [0.3, 0.4) is 0 Å². The van der Waals surface area contributed by atoms with Gasteiger partial charge in [0.1, 0.15) is 0 Å². The molecule has 0 saturated carbocycles. The third-order valence-electron chi connectivity index (χ3n) is 2.81. The molecule has 1 heteroatoms. The molecule has 1 nitrogen and oxygen atoms in total. The largest absolute Gasteiger partial charge is 0.291 e. The summed E-state index contributed by atoms with van der Waals surface area (Å²) in [4.78, 5) is 4.70. The van der Waals surface area contributed by atoms with E-state index < -0.39 is 0 Å². The van der Waals surface area contributed by atoms with Gasteiger partial charge in [0.25, 0.3) is 0 Å². The highest BCUT2D eigenvalue weighted by molar-refractivity contribution is 5.85. The van der Waals surface area contributed by atoms with Gasteiger partial charge in [0, 0.05) is 11.8 Å². The Labute approximate surface area is 82.6 Å². The van der Waals surface area contributed by atoms with Crippen molar-refractivity contribution in [3.05, 3.63) is 0 Å². The Hall–Kier alpha value is -0.330. The first-order chi connectivity index (χ1) is 6.33. The minimum Gasteiger partial charge on any atom is -0.291 e. The molecule has 0 aliphatic carbocycles. The van der Waals surface area contributed by atoms with E-state index in [9.17, 15) is 0 Å². The molecule has 0 aromatic heterocycles. The third kappa shape index (κ3) is 4.44. The van der Waals surface area contributed by atoms with Crippen molar-refractivity contribution in [2.75, 3.05) is 0 Å². The minimum absolute atomic E-state index is 0.606. The smallest absolute Gasteiger partial charge is 0.0470 e.